The molecule has 0 bridgehead atoms. The van der Waals surface area contributed by atoms with Crippen molar-refractivity contribution in [2.75, 3.05) is 51.7 Å². The van der Waals surface area contributed by atoms with Crippen molar-refractivity contribution in [1.29, 1.82) is 0 Å². The van der Waals surface area contributed by atoms with Crippen LogP contribution in [-0.4, -0.2) is 79.4 Å². The third kappa shape index (κ3) is 4.81. The molecule has 0 N–H and O–H groups in total. The van der Waals surface area contributed by atoms with Gasteiger partial charge >= 0.3 is 0 Å². The summed E-state index contributed by atoms with van der Waals surface area (Å²) in [4.78, 5) is 34.1. The summed E-state index contributed by atoms with van der Waals surface area (Å²) in [6.07, 6.45) is 0.587. The normalized spacial score (nSPS) is 19.3. The van der Waals surface area contributed by atoms with Crippen LogP contribution in [0.5, 0.6) is 0 Å². The maximum Gasteiger partial charge on any atom is 0.245 e. The van der Waals surface area contributed by atoms with Gasteiger partial charge in [0.1, 0.15) is 6.04 Å². The molecule has 2 aromatic rings. The van der Waals surface area contributed by atoms with Crippen LogP contribution >= 0.6 is 0 Å². The number of aryl methyl sites for hydroxylation is 1. The van der Waals surface area contributed by atoms with Gasteiger partial charge in [0.25, 0.3) is 0 Å². The molecule has 1 atom stereocenters. The zero-order valence-electron chi connectivity index (χ0n) is 18.8. The maximum absolute atomic E-state index is 13.3. The summed E-state index contributed by atoms with van der Waals surface area (Å²) in [5, 5.41) is 0. The van der Waals surface area contributed by atoms with Gasteiger partial charge in [-0.2, -0.15) is 0 Å². The van der Waals surface area contributed by atoms with Crippen LogP contribution in [0.1, 0.15) is 16.7 Å². The van der Waals surface area contributed by atoms with Crippen molar-refractivity contribution in [3.8, 4) is 0 Å². The molecule has 2 aromatic carbocycles. The minimum absolute atomic E-state index is 0.0112. The van der Waals surface area contributed by atoms with Gasteiger partial charge in [-0.25, -0.2) is 0 Å². The number of para-hydroxylation sites is 1. The number of piperazine rings is 1. The van der Waals surface area contributed by atoms with Crippen LogP contribution in [0.15, 0.2) is 48.5 Å². The lowest BCUT2D eigenvalue weighted by Gasteiger charge is -2.36. The molecule has 0 spiro atoms. The van der Waals surface area contributed by atoms with E-state index in [0.717, 1.165) is 44.0 Å². The summed E-state index contributed by atoms with van der Waals surface area (Å²) in [7, 11) is 3.50. The molecular weight excluding hydrogens is 388 g/mol. The number of nitrogens with zero attached hydrogens (tertiary/aromatic N) is 4. The molecule has 1 saturated heterocycles. The van der Waals surface area contributed by atoms with E-state index in [1.54, 1.807) is 23.9 Å². The summed E-state index contributed by atoms with van der Waals surface area (Å²) in [6, 6.07) is 16.1. The molecule has 4 rings (SSSR count). The zero-order valence-corrected chi connectivity index (χ0v) is 18.8. The van der Waals surface area contributed by atoms with Crippen LogP contribution in [0, 0.1) is 6.92 Å². The van der Waals surface area contributed by atoms with Gasteiger partial charge in [0.2, 0.25) is 11.8 Å². The van der Waals surface area contributed by atoms with Crippen LogP contribution in [0.4, 0.5) is 5.69 Å². The molecule has 2 aliphatic heterocycles. The van der Waals surface area contributed by atoms with E-state index >= 15 is 0 Å². The maximum atomic E-state index is 13.3. The van der Waals surface area contributed by atoms with Crippen molar-refractivity contribution in [1.82, 2.24) is 14.7 Å². The standard InChI is InChI=1S/C25H32N4O2/c1-19-8-10-20(11-9-19)17-27-12-14-28(15-13-27)18-24(30)29-22-7-5-4-6-21(22)16-23(29)25(31)26(2)3/h4-11,23H,12-18H2,1-3H3/t23-/m0/s1. The second kappa shape index (κ2) is 9.20. The lowest BCUT2D eigenvalue weighted by atomic mass is 10.1. The van der Waals surface area contributed by atoms with Crippen molar-refractivity contribution >= 4 is 17.5 Å². The first-order valence-corrected chi connectivity index (χ1v) is 11.0. The Hall–Kier alpha value is -2.70. The first kappa shape index (κ1) is 21.5. The Morgan fingerprint density at radius 1 is 0.935 bits per heavy atom. The Bertz CT molecular complexity index is 933. The molecule has 31 heavy (non-hydrogen) atoms. The molecule has 2 heterocycles. The van der Waals surface area contributed by atoms with Crippen LogP contribution in [0.25, 0.3) is 0 Å². The Labute approximate surface area is 185 Å². The summed E-state index contributed by atoms with van der Waals surface area (Å²) < 4.78 is 0. The quantitative estimate of drug-likeness (QED) is 0.744. The van der Waals surface area contributed by atoms with E-state index in [2.05, 4.69) is 41.0 Å². The lowest BCUT2D eigenvalue weighted by Crippen LogP contribution is -2.53. The Balaban J connectivity index is 1.37. The zero-order chi connectivity index (χ0) is 22.0. The number of hydrogen-bond acceptors (Lipinski definition) is 4. The Kier molecular flexibility index (Phi) is 6.39. The number of amides is 2. The minimum Gasteiger partial charge on any atom is -0.347 e. The highest BCUT2D eigenvalue weighted by molar-refractivity contribution is 6.04. The highest BCUT2D eigenvalue weighted by Crippen LogP contribution is 2.33. The van der Waals surface area contributed by atoms with Crippen LogP contribution in [0.3, 0.4) is 0 Å². The average Bonchev–Trinajstić information content (AvgIpc) is 3.15. The summed E-state index contributed by atoms with van der Waals surface area (Å²) in [5.41, 5.74) is 4.56. The smallest absolute Gasteiger partial charge is 0.245 e. The van der Waals surface area contributed by atoms with Gasteiger partial charge in [-0.15, -0.1) is 0 Å². The molecule has 0 aromatic heterocycles. The Morgan fingerprint density at radius 2 is 1.58 bits per heavy atom. The molecular formula is C25H32N4O2. The van der Waals surface area contributed by atoms with E-state index < -0.39 is 6.04 Å². The summed E-state index contributed by atoms with van der Waals surface area (Å²) in [5.74, 6) is -0.00963. The number of hydrogen-bond donors (Lipinski definition) is 0. The number of benzene rings is 2. The predicted molar refractivity (Wildman–Crippen MR) is 123 cm³/mol. The van der Waals surface area contributed by atoms with Gasteiger partial charge in [-0.1, -0.05) is 48.0 Å². The second-order valence-corrected chi connectivity index (χ2v) is 8.88. The molecule has 2 aliphatic rings. The van der Waals surface area contributed by atoms with Gasteiger partial charge in [0.15, 0.2) is 0 Å². The van der Waals surface area contributed by atoms with E-state index in [4.69, 9.17) is 0 Å². The fraction of sp³-hybridized carbons (Fsp3) is 0.440. The van der Waals surface area contributed by atoms with Gasteiger partial charge in [0, 0.05) is 58.9 Å². The van der Waals surface area contributed by atoms with Gasteiger partial charge in [0.05, 0.1) is 6.54 Å². The fourth-order valence-electron chi connectivity index (χ4n) is 4.51. The lowest BCUT2D eigenvalue weighted by molar-refractivity contribution is -0.132. The molecule has 0 saturated carbocycles. The van der Waals surface area contributed by atoms with Crippen molar-refractivity contribution in [3.05, 3.63) is 65.2 Å². The largest absolute Gasteiger partial charge is 0.347 e. The van der Waals surface area contributed by atoms with Crippen LogP contribution < -0.4 is 4.90 Å². The van der Waals surface area contributed by atoms with E-state index in [-0.39, 0.29) is 11.8 Å². The van der Waals surface area contributed by atoms with E-state index in [1.165, 1.54) is 11.1 Å². The SMILES string of the molecule is Cc1ccc(CN2CCN(CC(=O)N3c4ccccc4C[C@H]3C(=O)N(C)C)CC2)cc1. The first-order chi connectivity index (χ1) is 14.9. The molecule has 2 amide bonds. The highest BCUT2D eigenvalue weighted by Gasteiger charge is 2.39. The van der Waals surface area contributed by atoms with Crippen LogP contribution in [-0.2, 0) is 22.6 Å². The molecule has 6 heteroatoms. The topological polar surface area (TPSA) is 47.1 Å². The number of carbonyl (C=O) groups excluding carboxylic acids is 2. The number of rotatable bonds is 5. The van der Waals surface area contributed by atoms with Crippen molar-refractivity contribution in [2.24, 2.45) is 0 Å². The third-order valence-electron chi connectivity index (χ3n) is 6.32. The van der Waals surface area contributed by atoms with Crippen molar-refractivity contribution in [2.45, 2.75) is 25.9 Å². The summed E-state index contributed by atoms with van der Waals surface area (Å²) >= 11 is 0. The number of carbonyl (C=O) groups is 2. The van der Waals surface area contributed by atoms with Gasteiger partial charge in [-0.3, -0.25) is 24.3 Å². The van der Waals surface area contributed by atoms with Gasteiger partial charge < -0.3 is 4.90 Å². The predicted octanol–water partition coefficient (Wildman–Crippen LogP) is 2.16. The van der Waals surface area contributed by atoms with Gasteiger partial charge in [-0.05, 0) is 24.1 Å². The molecule has 6 nitrogen and oxygen atoms in total. The van der Waals surface area contributed by atoms with Crippen LogP contribution in [0.2, 0.25) is 0 Å². The summed E-state index contributed by atoms with van der Waals surface area (Å²) in [6.45, 7) is 7.01. The molecule has 0 unspecified atom stereocenters. The average molecular weight is 421 g/mol. The fourth-order valence-corrected chi connectivity index (χ4v) is 4.51. The van der Waals surface area contributed by atoms with E-state index in [0.29, 0.717) is 13.0 Å². The number of likely N-dealkylation sites (N-methyl/N-ethyl adjacent to an activating group) is 1. The first-order valence-electron chi connectivity index (χ1n) is 11.0. The Morgan fingerprint density at radius 3 is 2.26 bits per heavy atom. The van der Waals surface area contributed by atoms with Crippen molar-refractivity contribution in [3.63, 3.8) is 0 Å². The number of fused-ring (bicyclic) bond motifs is 1. The van der Waals surface area contributed by atoms with E-state index in [9.17, 15) is 9.59 Å². The van der Waals surface area contributed by atoms with E-state index in [1.807, 2.05) is 24.3 Å². The minimum atomic E-state index is -0.442. The highest BCUT2D eigenvalue weighted by atomic mass is 16.2. The van der Waals surface area contributed by atoms with Crippen molar-refractivity contribution < 1.29 is 9.59 Å². The molecule has 164 valence electrons. The second-order valence-electron chi connectivity index (χ2n) is 8.88. The molecule has 0 aliphatic carbocycles. The monoisotopic (exact) mass is 420 g/mol. The number of anilines is 1. The molecule has 0 radical (unpaired) electrons. The third-order valence-corrected chi connectivity index (χ3v) is 6.32. The molecule has 1 fully saturated rings.